The smallest absolute Gasteiger partial charge is 0.224 e. The van der Waals surface area contributed by atoms with Crippen molar-refractivity contribution < 1.29 is 9.15 Å². The van der Waals surface area contributed by atoms with Crippen LogP contribution >= 0.6 is 0 Å². The van der Waals surface area contributed by atoms with Crippen LogP contribution in [0.3, 0.4) is 0 Å². The van der Waals surface area contributed by atoms with Crippen LogP contribution in [0.15, 0.2) is 41.1 Å². The van der Waals surface area contributed by atoms with Crippen LogP contribution in [0.4, 0.5) is 5.82 Å². The van der Waals surface area contributed by atoms with Gasteiger partial charge in [0.05, 0.1) is 18.2 Å². The summed E-state index contributed by atoms with van der Waals surface area (Å²) in [6.45, 7) is 2.48. The van der Waals surface area contributed by atoms with E-state index in [-0.39, 0.29) is 0 Å². The van der Waals surface area contributed by atoms with E-state index in [0.717, 1.165) is 28.1 Å². The Bertz CT molecular complexity index is 989. The molecule has 4 aromatic heterocycles. The third kappa shape index (κ3) is 2.17. The highest BCUT2D eigenvalue weighted by Gasteiger charge is 2.15. The second kappa shape index (κ2) is 5.28. The number of imidazole rings is 1. The molecule has 0 saturated carbocycles. The molecule has 1 N–H and O–H groups in total. The van der Waals surface area contributed by atoms with Crippen molar-refractivity contribution in [1.82, 2.24) is 19.6 Å². The van der Waals surface area contributed by atoms with Crippen LogP contribution in [-0.2, 0) is 0 Å². The topological polar surface area (TPSA) is 77.5 Å². The fourth-order valence-electron chi connectivity index (χ4n) is 2.49. The van der Waals surface area contributed by atoms with E-state index in [1.807, 2.05) is 38.2 Å². The van der Waals surface area contributed by atoms with Gasteiger partial charge in [-0.2, -0.15) is 0 Å². The van der Waals surface area contributed by atoms with Crippen molar-refractivity contribution >= 4 is 22.4 Å². The maximum atomic E-state index is 5.94. The van der Waals surface area contributed by atoms with E-state index < -0.39 is 0 Å². The van der Waals surface area contributed by atoms with E-state index in [9.17, 15) is 0 Å². The molecule has 4 heterocycles. The van der Waals surface area contributed by atoms with Crippen LogP contribution in [0.2, 0.25) is 0 Å². The van der Waals surface area contributed by atoms with Crippen molar-refractivity contribution in [3.63, 3.8) is 0 Å². The molecule has 0 aliphatic carbocycles. The number of furan rings is 1. The molecule has 0 saturated heterocycles. The van der Waals surface area contributed by atoms with Crippen LogP contribution in [0.5, 0.6) is 5.88 Å². The van der Waals surface area contributed by atoms with Gasteiger partial charge < -0.3 is 14.5 Å². The Morgan fingerprint density at radius 2 is 2.17 bits per heavy atom. The summed E-state index contributed by atoms with van der Waals surface area (Å²) >= 11 is 0. The lowest BCUT2D eigenvalue weighted by Gasteiger charge is -2.01. The molecule has 116 valence electrons. The van der Waals surface area contributed by atoms with Crippen molar-refractivity contribution in [2.75, 3.05) is 19.0 Å². The predicted molar refractivity (Wildman–Crippen MR) is 86.7 cm³/mol. The Morgan fingerprint density at radius 3 is 3.00 bits per heavy atom. The summed E-state index contributed by atoms with van der Waals surface area (Å²) in [4.78, 5) is 8.62. The maximum Gasteiger partial charge on any atom is 0.224 e. The number of aromatic nitrogens is 4. The fourth-order valence-corrected chi connectivity index (χ4v) is 2.49. The van der Waals surface area contributed by atoms with Gasteiger partial charge in [-0.3, -0.25) is 0 Å². The number of nitrogens with one attached hydrogen (secondary N) is 1. The lowest BCUT2D eigenvalue weighted by atomic mass is 10.3. The van der Waals surface area contributed by atoms with Crippen molar-refractivity contribution in [2.45, 2.75) is 6.92 Å². The number of fused-ring (bicyclic) bond motifs is 2. The van der Waals surface area contributed by atoms with Gasteiger partial charge in [0.2, 0.25) is 5.88 Å². The zero-order valence-electron chi connectivity index (χ0n) is 12.8. The van der Waals surface area contributed by atoms with Crippen molar-refractivity contribution in [2.24, 2.45) is 0 Å². The molecule has 0 aromatic carbocycles. The van der Waals surface area contributed by atoms with Gasteiger partial charge in [0.15, 0.2) is 11.4 Å². The van der Waals surface area contributed by atoms with Crippen LogP contribution in [0.1, 0.15) is 6.92 Å². The molecule has 7 heteroatoms. The number of rotatable bonds is 4. The quantitative estimate of drug-likeness (QED) is 0.624. The Hall–Kier alpha value is -3.09. The number of hydrogen-bond donors (Lipinski definition) is 1. The first-order valence-corrected chi connectivity index (χ1v) is 7.34. The van der Waals surface area contributed by atoms with E-state index >= 15 is 0 Å². The van der Waals surface area contributed by atoms with Gasteiger partial charge in [-0.05, 0) is 25.1 Å². The molecule has 23 heavy (non-hydrogen) atoms. The van der Waals surface area contributed by atoms with Gasteiger partial charge >= 0.3 is 0 Å². The molecule has 0 fully saturated rings. The summed E-state index contributed by atoms with van der Waals surface area (Å²) in [6, 6.07) is 7.50. The Balaban J connectivity index is 1.90. The molecule has 4 aromatic rings. The normalized spacial score (nSPS) is 11.2. The van der Waals surface area contributed by atoms with Crippen LogP contribution in [0, 0.1) is 0 Å². The van der Waals surface area contributed by atoms with Gasteiger partial charge in [-0.25, -0.2) is 14.5 Å². The van der Waals surface area contributed by atoms with Gasteiger partial charge in [-0.15, -0.1) is 5.10 Å². The van der Waals surface area contributed by atoms with Gasteiger partial charge in [0.25, 0.3) is 0 Å². The summed E-state index contributed by atoms with van der Waals surface area (Å²) in [7, 11) is 1.83. The van der Waals surface area contributed by atoms with E-state index in [2.05, 4.69) is 20.4 Å². The largest absolute Gasteiger partial charge is 0.477 e. The minimum atomic E-state index is 0.551. The van der Waals surface area contributed by atoms with Crippen LogP contribution in [0.25, 0.3) is 28.1 Å². The summed E-state index contributed by atoms with van der Waals surface area (Å²) in [5, 5.41) is 8.35. The van der Waals surface area contributed by atoms with E-state index in [1.54, 1.807) is 16.9 Å². The fraction of sp³-hybridized carbons (Fsp3) is 0.188. The first kappa shape index (κ1) is 13.6. The molecule has 4 rings (SSSR count). The molecule has 7 nitrogen and oxygen atoms in total. The predicted octanol–water partition coefficient (Wildman–Crippen LogP) is 2.98. The second-order valence-electron chi connectivity index (χ2n) is 4.95. The van der Waals surface area contributed by atoms with Crippen molar-refractivity contribution in [1.29, 1.82) is 0 Å². The molecule has 0 amide bonds. The number of anilines is 1. The third-order valence-electron chi connectivity index (χ3n) is 3.56. The lowest BCUT2D eigenvalue weighted by Crippen LogP contribution is -1.99. The van der Waals surface area contributed by atoms with Gasteiger partial charge in [-0.1, -0.05) is 0 Å². The molecule has 0 radical (unpaired) electrons. The van der Waals surface area contributed by atoms with Crippen molar-refractivity contribution in [3.8, 4) is 17.3 Å². The summed E-state index contributed by atoms with van der Waals surface area (Å²) in [6.07, 6.45) is 3.42. The first-order chi connectivity index (χ1) is 11.3. The Labute approximate surface area is 131 Å². The van der Waals surface area contributed by atoms with Gasteiger partial charge in [0.1, 0.15) is 17.1 Å². The number of ether oxygens (including phenoxy) is 1. The monoisotopic (exact) mass is 309 g/mol. The van der Waals surface area contributed by atoms with E-state index in [1.165, 1.54) is 0 Å². The molecule has 0 aliphatic rings. The molecule has 0 spiro atoms. The zero-order chi connectivity index (χ0) is 15.8. The molecule has 0 aliphatic heterocycles. The number of hydrogen-bond acceptors (Lipinski definition) is 6. The minimum Gasteiger partial charge on any atom is -0.477 e. The number of pyridine rings is 1. The highest BCUT2D eigenvalue weighted by atomic mass is 16.5. The highest BCUT2D eigenvalue weighted by molar-refractivity contribution is 5.86. The maximum absolute atomic E-state index is 5.94. The average Bonchev–Trinajstić information content (AvgIpc) is 3.18. The minimum absolute atomic E-state index is 0.551. The Kier molecular flexibility index (Phi) is 3.11. The zero-order valence-corrected chi connectivity index (χ0v) is 12.8. The summed E-state index contributed by atoms with van der Waals surface area (Å²) in [5.74, 6) is 1.99. The second-order valence-corrected chi connectivity index (χ2v) is 4.95. The molecular formula is C16H15N5O2. The van der Waals surface area contributed by atoms with E-state index in [4.69, 9.17) is 9.15 Å². The summed E-state index contributed by atoms with van der Waals surface area (Å²) < 4.78 is 13.2. The standard InChI is InChI=1S/C16H15N5O2/c1-3-22-16-10-8-13(23-12(10)6-7-18-16)11-9-19-15-5-4-14(17-2)20-21(11)15/h4-9H,3H2,1-2H3,(H,17,20). The SMILES string of the molecule is CCOc1nccc2oc(-c3cnc4ccc(NC)nn34)cc12. The van der Waals surface area contributed by atoms with Gasteiger partial charge in [0, 0.05) is 19.3 Å². The van der Waals surface area contributed by atoms with Crippen LogP contribution in [-0.4, -0.2) is 33.2 Å². The lowest BCUT2D eigenvalue weighted by molar-refractivity contribution is 0.331. The first-order valence-electron chi connectivity index (χ1n) is 7.34. The van der Waals surface area contributed by atoms with Crippen molar-refractivity contribution in [3.05, 3.63) is 36.7 Å². The molecular weight excluding hydrogens is 294 g/mol. The molecule has 0 unspecified atom stereocenters. The molecule has 0 bridgehead atoms. The van der Waals surface area contributed by atoms with Crippen LogP contribution < -0.4 is 10.1 Å². The number of nitrogens with zero attached hydrogens (tertiary/aromatic N) is 4. The average molecular weight is 309 g/mol. The Morgan fingerprint density at radius 1 is 1.26 bits per heavy atom. The van der Waals surface area contributed by atoms with E-state index in [0.29, 0.717) is 18.2 Å². The molecule has 0 atom stereocenters. The highest BCUT2D eigenvalue weighted by Crippen LogP contribution is 2.32. The third-order valence-corrected chi connectivity index (χ3v) is 3.56. The summed E-state index contributed by atoms with van der Waals surface area (Å²) in [5.41, 5.74) is 2.25.